The number of amides is 1. The van der Waals surface area contributed by atoms with E-state index in [1.54, 1.807) is 11.9 Å². The lowest BCUT2D eigenvalue weighted by Gasteiger charge is -2.25. The summed E-state index contributed by atoms with van der Waals surface area (Å²) in [5, 5.41) is 0. The molecule has 2 aromatic rings. The van der Waals surface area contributed by atoms with Gasteiger partial charge in [0, 0.05) is 26.0 Å². The predicted octanol–water partition coefficient (Wildman–Crippen LogP) is 5.60. The molecule has 1 unspecified atom stereocenters. The number of carbonyl (C=O) groups excluding carboxylic acids is 1. The lowest BCUT2D eigenvalue weighted by Crippen LogP contribution is -2.35. The topological polar surface area (TPSA) is 42.4 Å². The van der Waals surface area contributed by atoms with Gasteiger partial charge >= 0.3 is 6.09 Å². The minimum Gasteiger partial charge on any atom is -0.444 e. The van der Waals surface area contributed by atoms with Gasteiger partial charge in [-0.2, -0.15) is 0 Å². The van der Waals surface area contributed by atoms with Crippen LogP contribution in [0.3, 0.4) is 0 Å². The SMILES string of the molecule is CN(CCC(C=Cc1ccccc1)CCc1ccncc1)C(=O)OC(C)(C)C. The van der Waals surface area contributed by atoms with Crippen LogP contribution in [0, 0.1) is 5.92 Å². The Bertz CT molecular complexity index is 736. The minimum absolute atomic E-state index is 0.271. The predicted molar refractivity (Wildman–Crippen MR) is 115 cm³/mol. The maximum Gasteiger partial charge on any atom is 0.410 e. The van der Waals surface area contributed by atoms with Crippen LogP contribution in [0.25, 0.3) is 6.08 Å². The molecule has 0 aliphatic heterocycles. The number of benzene rings is 1. The first-order valence-electron chi connectivity index (χ1n) is 9.90. The summed E-state index contributed by atoms with van der Waals surface area (Å²) in [6, 6.07) is 14.4. The molecule has 0 aliphatic carbocycles. The standard InChI is InChI=1S/C24H32N2O2/c1-24(2,3)28-23(27)26(4)19-16-21(11-10-20-8-6-5-7-9-20)12-13-22-14-17-25-18-15-22/h5-11,14-15,17-18,21H,12-13,16,19H2,1-4H3. The zero-order valence-corrected chi connectivity index (χ0v) is 17.5. The van der Waals surface area contributed by atoms with Crippen LogP contribution in [-0.2, 0) is 11.2 Å². The normalized spacial score (nSPS) is 12.7. The number of hydrogen-bond donors (Lipinski definition) is 0. The third-order valence-corrected chi connectivity index (χ3v) is 4.45. The number of rotatable bonds is 8. The number of ether oxygens (including phenoxy) is 1. The number of aromatic nitrogens is 1. The molecule has 0 radical (unpaired) electrons. The monoisotopic (exact) mass is 380 g/mol. The molecule has 0 aliphatic rings. The second kappa shape index (κ2) is 10.6. The van der Waals surface area contributed by atoms with Gasteiger partial charge in [0.25, 0.3) is 0 Å². The minimum atomic E-state index is -0.473. The molecule has 4 nitrogen and oxygen atoms in total. The summed E-state index contributed by atoms with van der Waals surface area (Å²) < 4.78 is 5.45. The average molecular weight is 381 g/mol. The van der Waals surface area contributed by atoms with Crippen molar-refractivity contribution in [2.24, 2.45) is 5.92 Å². The largest absolute Gasteiger partial charge is 0.444 e. The van der Waals surface area contributed by atoms with Crippen LogP contribution in [0.5, 0.6) is 0 Å². The Hall–Kier alpha value is -2.62. The zero-order chi connectivity index (χ0) is 20.4. The van der Waals surface area contributed by atoms with E-state index in [2.05, 4.69) is 41.4 Å². The third kappa shape index (κ3) is 8.38. The first kappa shape index (κ1) is 21.7. The molecule has 1 atom stereocenters. The van der Waals surface area contributed by atoms with Crippen molar-refractivity contribution in [1.29, 1.82) is 0 Å². The third-order valence-electron chi connectivity index (χ3n) is 4.45. The molecule has 1 aromatic heterocycles. The highest BCUT2D eigenvalue weighted by atomic mass is 16.6. The van der Waals surface area contributed by atoms with E-state index in [0.717, 1.165) is 19.3 Å². The van der Waals surface area contributed by atoms with Crippen LogP contribution in [-0.4, -0.2) is 35.2 Å². The van der Waals surface area contributed by atoms with E-state index in [0.29, 0.717) is 12.5 Å². The molecule has 0 saturated heterocycles. The first-order valence-corrected chi connectivity index (χ1v) is 9.90. The van der Waals surface area contributed by atoms with E-state index in [4.69, 9.17) is 4.74 Å². The van der Waals surface area contributed by atoms with Gasteiger partial charge in [0.05, 0.1) is 0 Å². The fourth-order valence-corrected chi connectivity index (χ4v) is 2.84. The van der Waals surface area contributed by atoms with Gasteiger partial charge in [0.2, 0.25) is 0 Å². The maximum absolute atomic E-state index is 12.2. The Morgan fingerprint density at radius 3 is 2.43 bits per heavy atom. The summed E-state index contributed by atoms with van der Waals surface area (Å²) in [4.78, 5) is 18.0. The van der Waals surface area contributed by atoms with Crippen LogP contribution >= 0.6 is 0 Å². The van der Waals surface area contributed by atoms with Gasteiger partial charge in [0.15, 0.2) is 0 Å². The van der Waals surface area contributed by atoms with E-state index in [1.807, 2.05) is 51.4 Å². The van der Waals surface area contributed by atoms with Crippen LogP contribution in [0.1, 0.15) is 44.7 Å². The molecule has 28 heavy (non-hydrogen) atoms. The quantitative estimate of drug-likeness (QED) is 0.598. The molecule has 150 valence electrons. The Morgan fingerprint density at radius 2 is 1.79 bits per heavy atom. The number of nitrogens with zero attached hydrogens (tertiary/aromatic N) is 2. The number of carbonyl (C=O) groups is 1. The van der Waals surface area contributed by atoms with Crippen LogP contribution < -0.4 is 0 Å². The van der Waals surface area contributed by atoms with Crippen molar-refractivity contribution >= 4 is 12.2 Å². The molecular weight excluding hydrogens is 348 g/mol. The van der Waals surface area contributed by atoms with Gasteiger partial charge in [-0.05, 0) is 69.2 Å². The van der Waals surface area contributed by atoms with Crippen LogP contribution in [0.4, 0.5) is 4.79 Å². The summed E-state index contributed by atoms with van der Waals surface area (Å²) in [5.74, 6) is 0.373. The van der Waals surface area contributed by atoms with Crippen molar-refractivity contribution in [2.45, 2.75) is 45.6 Å². The number of hydrogen-bond acceptors (Lipinski definition) is 3. The fraction of sp³-hybridized carbons (Fsp3) is 0.417. The Labute approximate surface area is 169 Å². The molecule has 0 N–H and O–H groups in total. The van der Waals surface area contributed by atoms with Gasteiger partial charge in [-0.25, -0.2) is 4.79 Å². The lowest BCUT2D eigenvalue weighted by atomic mass is 9.95. The Balaban J connectivity index is 1.96. The molecule has 2 rings (SSSR count). The van der Waals surface area contributed by atoms with Gasteiger partial charge in [-0.1, -0.05) is 42.5 Å². The second-order valence-corrected chi connectivity index (χ2v) is 8.11. The van der Waals surface area contributed by atoms with Crippen molar-refractivity contribution in [1.82, 2.24) is 9.88 Å². The number of aryl methyl sites for hydroxylation is 1. The highest BCUT2D eigenvalue weighted by Crippen LogP contribution is 2.18. The summed E-state index contributed by atoms with van der Waals surface area (Å²) in [5.41, 5.74) is 2.00. The molecule has 0 spiro atoms. The summed E-state index contributed by atoms with van der Waals surface area (Å²) in [6.07, 6.45) is 10.7. The van der Waals surface area contributed by atoms with E-state index < -0.39 is 5.60 Å². The summed E-state index contributed by atoms with van der Waals surface area (Å²) >= 11 is 0. The van der Waals surface area contributed by atoms with Crippen molar-refractivity contribution in [3.05, 3.63) is 72.1 Å². The lowest BCUT2D eigenvalue weighted by molar-refractivity contribution is 0.0292. The van der Waals surface area contributed by atoms with Crippen LogP contribution in [0.15, 0.2) is 60.9 Å². The number of allylic oxidation sites excluding steroid dienone is 1. The zero-order valence-electron chi connectivity index (χ0n) is 17.5. The van der Waals surface area contributed by atoms with Gasteiger partial charge in [-0.15, -0.1) is 0 Å². The Morgan fingerprint density at radius 1 is 1.11 bits per heavy atom. The van der Waals surface area contributed by atoms with Gasteiger partial charge in [0.1, 0.15) is 5.60 Å². The van der Waals surface area contributed by atoms with Crippen LogP contribution in [0.2, 0.25) is 0 Å². The van der Waals surface area contributed by atoms with E-state index in [-0.39, 0.29) is 6.09 Å². The highest BCUT2D eigenvalue weighted by molar-refractivity contribution is 5.67. The summed E-state index contributed by atoms with van der Waals surface area (Å²) in [6.45, 7) is 6.33. The molecular formula is C24H32N2O2. The van der Waals surface area contributed by atoms with E-state index in [9.17, 15) is 4.79 Å². The Kier molecular flexibility index (Phi) is 8.24. The van der Waals surface area contributed by atoms with E-state index in [1.165, 1.54) is 11.1 Å². The molecule has 4 heteroatoms. The van der Waals surface area contributed by atoms with E-state index >= 15 is 0 Å². The van der Waals surface area contributed by atoms with Crippen molar-refractivity contribution in [2.75, 3.05) is 13.6 Å². The smallest absolute Gasteiger partial charge is 0.410 e. The fourth-order valence-electron chi connectivity index (χ4n) is 2.84. The maximum atomic E-state index is 12.2. The molecule has 0 fully saturated rings. The second-order valence-electron chi connectivity index (χ2n) is 8.11. The average Bonchev–Trinajstić information content (AvgIpc) is 2.67. The van der Waals surface area contributed by atoms with Gasteiger partial charge in [-0.3, -0.25) is 4.98 Å². The van der Waals surface area contributed by atoms with Crippen molar-refractivity contribution < 1.29 is 9.53 Å². The number of pyridine rings is 1. The molecule has 1 amide bonds. The molecule has 1 heterocycles. The van der Waals surface area contributed by atoms with Gasteiger partial charge < -0.3 is 9.64 Å². The van der Waals surface area contributed by atoms with Crippen molar-refractivity contribution in [3.8, 4) is 0 Å². The first-order chi connectivity index (χ1) is 13.3. The molecule has 0 saturated carbocycles. The molecule has 0 bridgehead atoms. The summed E-state index contributed by atoms with van der Waals surface area (Å²) in [7, 11) is 1.80. The van der Waals surface area contributed by atoms with Crippen molar-refractivity contribution in [3.63, 3.8) is 0 Å². The molecule has 1 aromatic carbocycles. The highest BCUT2D eigenvalue weighted by Gasteiger charge is 2.20.